The van der Waals surface area contributed by atoms with Gasteiger partial charge in [0.1, 0.15) is 0 Å². The van der Waals surface area contributed by atoms with Gasteiger partial charge < -0.3 is 0 Å². The standard InChI is InChI=1S/C15H11Cl2NO2S/c1-10-3-6-12(7-4-10)21(19,20)15(18-2)11-5-8-13(16)14(17)9-11/h3-9,15H,1H3/t15-/m0/s1. The average Bonchev–Trinajstić information content (AvgIpc) is 2.44. The molecule has 0 saturated carbocycles. The average molecular weight is 340 g/mol. The predicted octanol–water partition coefficient (Wildman–Crippen LogP) is 4.69. The van der Waals surface area contributed by atoms with Gasteiger partial charge in [0, 0.05) is 0 Å². The smallest absolute Gasteiger partial charge is 0.291 e. The fourth-order valence-corrected chi connectivity index (χ4v) is 3.57. The molecule has 0 aliphatic heterocycles. The molecule has 2 rings (SSSR count). The molecule has 0 aliphatic carbocycles. The first-order valence-electron chi connectivity index (χ1n) is 5.98. The maximum Gasteiger partial charge on any atom is 0.350 e. The van der Waals surface area contributed by atoms with E-state index in [1.165, 1.54) is 30.3 Å². The van der Waals surface area contributed by atoms with E-state index in [2.05, 4.69) is 4.85 Å². The summed E-state index contributed by atoms with van der Waals surface area (Å²) in [6.07, 6.45) is 0. The second kappa shape index (κ2) is 6.07. The quantitative estimate of drug-likeness (QED) is 0.760. The highest BCUT2D eigenvalue weighted by atomic mass is 35.5. The van der Waals surface area contributed by atoms with Gasteiger partial charge in [0.2, 0.25) is 0 Å². The highest BCUT2D eigenvalue weighted by Crippen LogP contribution is 2.33. The summed E-state index contributed by atoms with van der Waals surface area (Å²) in [6, 6.07) is 10.8. The van der Waals surface area contributed by atoms with Gasteiger partial charge in [-0.2, -0.15) is 0 Å². The van der Waals surface area contributed by atoms with E-state index < -0.39 is 15.2 Å². The monoisotopic (exact) mass is 339 g/mol. The zero-order valence-corrected chi connectivity index (χ0v) is 13.4. The summed E-state index contributed by atoms with van der Waals surface area (Å²) in [5, 5.41) is -0.797. The summed E-state index contributed by atoms with van der Waals surface area (Å²) in [7, 11) is -3.81. The molecule has 0 spiro atoms. The predicted molar refractivity (Wildman–Crippen MR) is 84.2 cm³/mol. The van der Waals surface area contributed by atoms with Crippen LogP contribution in [0.1, 0.15) is 16.5 Å². The molecule has 2 aromatic carbocycles. The van der Waals surface area contributed by atoms with Gasteiger partial charge in [-0.15, -0.1) is 0 Å². The minimum Gasteiger partial charge on any atom is -0.291 e. The first kappa shape index (κ1) is 15.8. The van der Waals surface area contributed by atoms with Crippen molar-refractivity contribution in [2.45, 2.75) is 17.2 Å². The van der Waals surface area contributed by atoms with Crippen molar-refractivity contribution in [3.8, 4) is 0 Å². The van der Waals surface area contributed by atoms with Crippen molar-refractivity contribution < 1.29 is 8.42 Å². The van der Waals surface area contributed by atoms with E-state index >= 15 is 0 Å². The van der Waals surface area contributed by atoms with Crippen LogP contribution in [0.2, 0.25) is 10.0 Å². The molecule has 6 heteroatoms. The van der Waals surface area contributed by atoms with Crippen LogP contribution in [-0.2, 0) is 9.84 Å². The Kier molecular flexibility index (Phi) is 4.58. The first-order chi connectivity index (χ1) is 9.86. The highest BCUT2D eigenvalue weighted by Gasteiger charge is 2.34. The Balaban J connectivity index is 2.52. The molecule has 0 bridgehead atoms. The molecule has 0 aliphatic rings. The molecule has 0 saturated heterocycles. The molecule has 3 nitrogen and oxygen atoms in total. The molecule has 0 heterocycles. The van der Waals surface area contributed by atoms with Gasteiger partial charge in [0.05, 0.1) is 20.5 Å². The van der Waals surface area contributed by atoms with E-state index in [-0.39, 0.29) is 9.92 Å². The molecule has 0 amide bonds. The summed E-state index contributed by atoms with van der Waals surface area (Å²) < 4.78 is 25.2. The van der Waals surface area contributed by atoms with Crippen LogP contribution in [0.5, 0.6) is 0 Å². The number of hydrogen-bond donors (Lipinski definition) is 0. The zero-order valence-electron chi connectivity index (χ0n) is 11.0. The summed E-state index contributed by atoms with van der Waals surface area (Å²) in [4.78, 5) is 3.37. The molecule has 1 atom stereocenters. The van der Waals surface area contributed by atoms with Gasteiger partial charge in [0.25, 0.3) is 9.84 Å². The number of aryl methyl sites for hydroxylation is 1. The molecule has 0 N–H and O–H groups in total. The summed E-state index contributed by atoms with van der Waals surface area (Å²) >= 11 is 11.7. The highest BCUT2D eigenvalue weighted by molar-refractivity contribution is 7.91. The van der Waals surface area contributed by atoms with Gasteiger partial charge in [0.15, 0.2) is 0 Å². The van der Waals surface area contributed by atoms with Crippen molar-refractivity contribution in [2.75, 3.05) is 0 Å². The molecule has 0 aromatic heterocycles. The molecule has 21 heavy (non-hydrogen) atoms. The molecular weight excluding hydrogens is 329 g/mol. The van der Waals surface area contributed by atoms with Gasteiger partial charge in [-0.05, 0) is 37.3 Å². The molecule has 0 radical (unpaired) electrons. The third-order valence-corrected chi connectivity index (χ3v) is 5.62. The Bertz CT molecular complexity index is 809. The number of benzene rings is 2. The third kappa shape index (κ3) is 3.21. The number of sulfone groups is 1. The van der Waals surface area contributed by atoms with E-state index in [1.54, 1.807) is 12.1 Å². The van der Waals surface area contributed by atoms with Crippen LogP contribution >= 0.6 is 23.2 Å². The van der Waals surface area contributed by atoms with Crippen molar-refractivity contribution in [1.82, 2.24) is 0 Å². The van der Waals surface area contributed by atoms with Crippen molar-refractivity contribution in [3.63, 3.8) is 0 Å². The second-order valence-electron chi connectivity index (χ2n) is 4.51. The third-order valence-electron chi connectivity index (χ3n) is 2.99. The summed E-state index contributed by atoms with van der Waals surface area (Å²) in [6.45, 7) is 9.10. The SMILES string of the molecule is [C-]#[N+][C@H](c1ccc(Cl)c(Cl)c1)S(=O)(=O)c1ccc(C)cc1. The van der Waals surface area contributed by atoms with E-state index in [1.807, 2.05) is 6.92 Å². The van der Waals surface area contributed by atoms with Gasteiger partial charge in [-0.25, -0.2) is 15.0 Å². The Morgan fingerprint density at radius 2 is 1.67 bits per heavy atom. The summed E-state index contributed by atoms with van der Waals surface area (Å²) in [5.74, 6) is 0. The molecular formula is C15H11Cl2NO2S. The van der Waals surface area contributed by atoms with E-state index in [9.17, 15) is 8.42 Å². The van der Waals surface area contributed by atoms with Gasteiger partial charge in [-0.1, -0.05) is 40.9 Å². The summed E-state index contributed by atoms with van der Waals surface area (Å²) in [5.41, 5.74) is 1.25. The topological polar surface area (TPSA) is 38.5 Å². The van der Waals surface area contributed by atoms with Crippen LogP contribution in [0, 0.1) is 13.5 Å². The normalized spacial score (nSPS) is 12.7. The van der Waals surface area contributed by atoms with Crippen LogP contribution in [0.3, 0.4) is 0 Å². The van der Waals surface area contributed by atoms with Crippen molar-refractivity contribution in [3.05, 3.63) is 75.1 Å². The van der Waals surface area contributed by atoms with Crippen molar-refractivity contribution in [1.29, 1.82) is 0 Å². The molecule has 0 unspecified atom stereocenters. The van der Waals surface area contributed by atoms with Crippen LogP contribution in [0.15, 0.2) is 47.4 Å². The van der Waals surface area contributed by atoms with E-state index in [0.29, 0.717) is 10.6 Å². The Labute approximate surface area is 133 Å². The fraction of sp³-hybridized carbons (Fsp3) is 0.133. The fourth-order valence-electron chi connectivity index (χ4n) is 1.85. The van der Waals surface area contributed by atoms with Gasteiger partial charge >= 0.3 is 5.37 Å². The molecule has 0 fully saturated rings. The van der Waals surface area contributed by atoms with Crippen molar-refractivity contribution >= 4 is 33.0 Å². The van der Waals surface area contributed by atoms with Gasteiger partial charge in [-0.3, -0.25) is 4.85 Å². The Morgan fingerprint density at radius 1 is 1.05 bits per heavy atom. The largest absolute Gasteiger partial charge is 0.350 e. The van der Waals surface area contributed by atoms with Crippen LogP contribution in [0.25, 0.3) is 4.85 Å². The Hall–Kier alpha value is -1.54. The lowest BCUT2D eigenvalue weighted by molar-refractivity contribution is 0.590. The minimum atomic E-state index is -3.81. The second-order valence-corrected chi connectivity index (χ2v) is 7.34. The lowest BCUT2D eigenvalue weighted by Gasteiger charge is -2.09. The number of halogens is 2. The number of hydrogen-bond acceptors (Lipinski definition) is 2. The Morgan fingerprint density at radius 3 is 2.19 bits per heavy atom. The number of rotatable bonds is 3. The maximum atomic E-state index is 12.6. The van der Waals surface area contributed by atoms with Crippen LogP contribution < -0.4 is 0 Å². The van der Waals surface area contributed by atoms with Crippen LogP contribution in [0.4, 0.5) is 0 Å². The van der Waals surface area contributed by atoms with E-state index in [0.717, 1.165) is 5.56 Å². The molecule has 108 valence electrons. The van der Waals surface area contributed by atoms with E-state index in [4.69, 9.17) is 29.8 Å². The molecule has 2 aromatic rings. The minimum absolute atomic E-state index is 0.111. The lowest BCUT2D eigenvalue weighted by Crippen LogP contribution is -2.10. The maximum absolute atomic E-state index is 12.6. The van der Waals surface area contributed by atoms with Crippen LogP contribution in [-0.4, -0.2) is 8.42 Å². The first-order valence-corrected chi connectivity index (χ1v) is 8.28. The number of nitrogens with zero attached hydrogens (tertiary/aromatic N) is 1. The van der Waals surface area contributed by atoms with Crippen molar-refractivity contribution in [2.24, 2.45) is 0 Å². The zero-order chi connectivity index (χ0) is 15.6. The lowest BCUT2D eigenvalue weighted by atomic mass is 10.2.